The topological polar surface area (TPSA) is 223 Å². The second-order valence-corrected chi connectivity index (χ2v) is 29.6. The minimum Gasteiger partial charge on any atom is -0.378 e. The lowest BCUT2D eigenvalue weighted by molar-refractivity contribution is 0.104. The maximum atomic E-state index is 13.6. The predicted molar refractivity (Wildman–Crippen MR) is 447 cm³/mol. The molecule has 560 valence electrons. The Kier molecular flexibility index (Phi) is 20.2. The van der Waals surface area contributed by atoms with Gasteiger partial charge in [0.1, 0.15) is 45.6 Å². The zero-order valence-electron chi connectivity index (χ0n) is 65.2. The van der Waals surface area contributed by atoms with Crippen molar-refractivity contribution >= 4 is 109 Å². The molecule has 0 spiro atoms. The summed E-state index contributed by atoms with van der Waals surface area (Å²) < 4.78 is 1.72. The highest BCUT2D eigenvalue weighted by Crippen LogP contribution is 2.43. The normalized spacial score (nSPS) is 17.1. The fourth-order valence-electron chi connectivity index (χ4n) is 15.1. The van der Waals surface area contributed by atoms with E-state index in [9.17, 15) is 19.2 Å². The standard InChI is InChI=1S/C26H29N5O.C23H23N5O.C21H20N4O.C18H17N5O/c1-17(2)30-13-15-31(16-14-30)19-11-9-18(10-12-19)22-24-23(27-26(28-24)29(3)4)20-7-5-6-8-21(20)25(22)32;1-27(2)23-25-20-15-7-3-4-8-16(15)22(29)19(21(20)26-23)17-9-5-6-10-18(17)28-13-11-24-12-14-28;1-24(2)14-11-9-13(10-12-14)17-19-18(22-21(23-19)25(3)4)15-7-5-6-8-16(15)20(17)26;1-10-13(9-23(4)21-10)14-16-15(19-18(20-16)22(2)3)11-7-5-6-8-12(11)17(14)24/h5-12,17H,13-16H2,1-4H3;3-10,24H,11-14H2,1-2H3;5-12H,1-4H3;5-9H,1-4H3. The maximum absolute atomic E-state index is 13.6. The number of nitrogens with one attached hydrogen (secondary N) is 1. The van der Waals surface area contributed by atoms with E-state index in [4.69, 9.17) is 20.0 Å². The Balaban J connectivity index is 0.000000118. The number of aliphatic imine (C=N–C) groups is 8. The fourth-order valence-corrected chi connectivity index (χ4v) is 15.1. The van der Waals surface area contributed by atoms with E-state index in [1.807, 2.05) is 255 Å². The van der Waals surface area contributed by atoms with Crippen molar-refractivity contribution in [3.8, 4) is 0 Å². The van der Waals surface area contributed by atoms with Gasteiger partial charge in [-0.25, -0.2) is 39.9 Å². The van der Waals surface area contributed by atoms with Crippen molar-refractivity contribution < 1.29 is 19.2 Å². The molecule has 111 heavy (non-hydrogen) atoms. The van der Waals surface area contributed by atoms with Crippen LogP contribution in [-0.4, -0.2) is 233 Å². The quantitative estimate of drug-likeness (QED) is 0.149. The van der Waals surface area contributed by atoms with Crippen LogP contribution in [0, 0.1) is 6.92 Å². The lowest BCUT2D eigenvalue weighted by Crippen LogP contribution is -2.48. The van der Waals surface area contributed by atoms with Gasteiger partial charge in [-0.15, -0.1) is 0 Å². The summed E-state index contributed by atoms with van der Waals surface area (Å²) in [7, 11) is 21.1. The van der Waals surface area contributed by atoms with E-state index < -0.39 is 0 Å². The number of piperazine rings is 2. The molecule has 0 unspecified atom stereocenters. The number of carbonyl (C=O) groups is 4. The summed E-state index contributed by atoms with van der Waals surface area (Å²) in [5, 5.41) is 7.77. The molecule has 1 aromatic heterocycles. The molecule has 23 nitrogen and oxygen atoms in total. The summed E-state index contributed by atoms with van der Waals surface area (Å²) in [5.41, 5.74) is 22.0. The number of aromatic nitrogens is 2. The Morgan fingerprint density at radius 3 is 1.04 bits per heavy atom. The monoisotopic (exact) mass is 1480 g/mol. The summed E-state index contributed by atoms with van der Waals surface area (Å²) in [6.45, 7) is 14.3. The molecule has 2 fully saturated rings. The molecule has 23 heteroatoms. The van der Waals surface area contributed by atoms with Crippen LogP contribution in [0.3, 0.4) is 0 Å². The van der Waals surface area contributed by atoms with Gasteiger partial charge in [-0.3, -0.25) is 28.8 Å². The third-order valence-electron chi connectivity index (χ3n) is 20.9. The van der Waals surface area contributed by atoms with Gasteiger partial charge < -0.3 is 39.6 Å². The van der Waals surface area contributed by atoms with Crippen molar-refractivity contribution in [3.63, 3.8) is 0 Å². The maximum Gasteiger partial charge on any atom is 0.226 e. The van der Waals surface area contributed by atoms with E-state index in [-0.39, 0.29) is 23.1 Å². The van der Waals surface area contributed by atoms with Crippen molar-refractivity contribution in [1.29, 1.82) is 0 Å². The van der Waals surface area contributed by atoms with E-state index in [1.54, 1.807) is 4.68 Å². The highest BCUT2D eigenvalue weighted by Gasteiger charge is 2.41. The second kappa shape index (κ2) is 30.4. The van der Waals surface area contributed by atoms with Crippen LogP contribution in [0.4, 0.5) is 17.1 Å². The molecular weight excluding hydrogens is 1390 g/mol. The molecule has 7 heterocycles. The first-order valence-electron chi connectivity index (χ1n) is 37.4. The van der Waals surface area contributed by atoms with Crippen LogP contribution in [-0.2, 0) is 7.05 Å². The largest absolute Gasteiger partial charge is 0.378 e. The third-order valence-corrected chi connectivity index (χ3v) is 20.9. The summed E-state index contributed by atoms with van der Waals surface area (Å²) in [5.74, 6) is 2.45. The first-order valence-corrected chi connectivity index (χ1v) is 37.4. The summed E-state index contributed by atoms with van der Waals surface area (Å²) in [4.78, 5) is 108. The number of rotatable bonds is 8. The van der Waals surface area contributed by atoms with Crippen LogP contribution < -0.4 is 20.0 Å². The lowest BCUT2D eigenvalue weighted by atomic mass is 9.83. The molecule has 0 saturated carbocycles. The number of benzene rings is 7. The number of hydrogen-bond acceptors (Lipinski definition) is 22. The number of para-hydroxylation sites is 1. The van der Waals surface area contributed by atoms with Crippen LogP contribution in [0.25, 0.3) is 22.3 Å². The predicted octanol–water partition coefficient (Wildman–Crippen LogP) is 11.1. The van der Waals surface area contributed by atoms with Gasteiger partial charge in [0.2, 0.25) is 23.8 Å². The SMILES string of the molecule is CC(C)N1CCN(c2ccc(C3=C4N=C(N(C)C)N=C4c4ccccc4C3=O)cc2)CC1.CN(C)C1=NC2=C(c3ccc(N(C)C)cc3)C(=O)c3ccccc3C2=N1.CN(C)C1=NC2=C(c3ccccc3N3CCNCC3)C(=O)c3ccccc3C2=N1.Cc1nn(C)cc1C1=C2N=C(N(C)C)N=C2c2ccccc2C1=O. The van der Waals surface area contributed by atoms with Crippen molar-refractivity contribution in [1.82, 2.24) is 39.6 Å². The van der Waals surface area contributed by atoms with Crippen LogP contribution in [0.15, 0.2) is 239 Å². The molecule has 8 aromatic rings. The summed E-state index contributed by atoms with van der Waals surface area (Å²) in [6, 6.07) is 55.6. The number of ketones is 4. The number of nitrogens with zero attached hydrogens (tertiary/aromatic N) is 18. The van der Waals surface area contributed by atoms with Gasteiger partial charge in [-0.05, 0) is 62.2 Å². The molecule has 7 aromatic carbocycles. The summed E-state index contributed by atoms with van der Waals surface area (Å²) in [6.07, 6.45) is 1.87. The molecular formula is C88H89N19O4. The number of carbonyl (C=O) groups excluding carboxylic acids is 4. The van der Waals surface area contributed by atoms with Crippen LogP contribution in [0.1, 0.15) is 105 Å². The van der Waals surface area contributed by atoms with E-state index in [0.717, 1.165) is 137 Å². The van der Waals surface area contributed by atoms with Gasteiger partial charge in [0, 0.05) is 215 Å². The number of allylic oxidation sites excluding steroid dienone is 8. The van der Waals surface area contributed by atoms with Crippen molar-refractivity contribution in [2.75, 3.05) is 138 Å². The Labute approximate surface area is 647 Å². The van der Waals surface area contributed by atoms with Gasteiger partial charge in [-0.2, -0.15) is 5.10 Å². The van der Waals surface area contributed by atoms with Crippen molar-refractivity contribution in [2.24, 2.45) is 47.0 Å². The number of hydrogen-bond donors (Lipinski definition) is 1. The average molecular weight is 1480 g/mol. The smallest absolute Gasteiger partial charge is 0.226 e. The molecule has 10 aliphatic rings. The summed E-state index contributed by atoms with van der Waals surface area (Å²) >= 11 is 0. The van der Waals surface area contributed by atoms with E-state index in [2.05, 4.69) is 89.3 Å². The molecule has 1 N–H and O–H groups in total. The van der Waals surface area contributed by atoms with Crippen molar-refractivity contribution in [3.05, 3.63) is 271 Å². The zero-order valence-corrected chi connectivity index (χ0v) is 65.2. The van der Waals surface area contributed by atoms with Gasteiger partial charge in [0.05, 0.1) is 28.0 Å². The number of guanidine groups is 4. The molecule has 4 aliphatic carbocycles. The molecule has 2 saturated heterocycles. The van der Waals surface area contributed by atoms with Crippen molar-refractivity contribution in [2.45, 2.75) is 26.8 Å². The van der Waals surface area contributed by atoms with E-state index in [0.29, 0.717) is 97.2 Å². The average Bonchev–Trinajstić information content (AvgIpc) is 1.70. The molecule has 0 radical (unpaired) electrons. The molecule has 18 rings (SSSR count). The van der Waals surface area contributed by atoms with E-state index >= 15 is 0 Å². The first kappa shape index (κ1) is 73.8. The van der Waals surface area contributed by atoms with Gasteiger partial charge in [0.25, 0.3) is 0 Å². The van der Waals surface area contributed by atoms with E-state index in [1.165, 1.54) is 5.69 Å². The lowest BCUT2D eigenvalue weighted by Gasteiger charge is -2.38. The van der Waals surface area contributed by atoms with Crippen LogP contribution in [0.5, 0.6) is 0 Å². The Hall–Kier alpha value is -12.7. The number of fused-ring (bicyclic) bond motifs is 12. The fraction of sp³-hybridized carbons (Fsp3) is 0.261. The minimum absolute atomic E-state index is 0.00379. The Morgan fingerprint density at radius 2 is 0.685 bits per heavy atom. The number of anilines is 3. The first-order chi connectivity index (χ1) is 53.5. The highest BCUT2D eigenvalue weighted by atomic mass is 16.1. The molecule has 0 atom stereocenters. The van der Waals surface area contributed by atoms with Gasteiger partial charge in [-0.1, -0.05) is 140 Å². The highest BCUT2D eigenvalue weighted by molar-refractivity contribution is 6.47. The van der Waals surface area contributed by atoms with Gasteiger partial charge in [0.15, 0.2) is 23.1 Å². The van der Waals surface area contributed by atoms with Gasteiger partial charge >= 0.3 is 0 Å². The number of aryl methyl sites for hydroxylation is 2. The Bertz CT molecular complexity index is 5580. The zero-order chi connectivity index (χ0) is 77.8. The minimum atomic E-state index is -0.0283. The molecule has 0 amide bonds. The molecule has 0 bridgehead atoms. The third kappa shape index (κ3) is 13.9. The Morgan fingerprint density at radius 1 is 0.351 bits per heavy atom. The van der Waals surface area contributed by atoms with Crippen LogP contribution in [0.2, 0.25) is 0 Å². The second-order valence-electron chi connectivity index (χ2n) is 29.6. The number of Topliss-reactive ketones (excluding diaryl/α,β-unsaturated/α-hetero) is 4. The molecule has 6 aliphatic heterocycles. The van der Waals surface area contributed by atoms with Crippen LogP contribution >= 0.6 is 0 Å².